The molecule has 0 fully saturated rings. The lowest BCUT2D eigenvalue weighted by Gasteiger charge is -2.10. The molecule has 0 bridgehead atoms. The molecule has 2 rings (SSSR count). The number of hydrogen-bond donors (Lipinski definition) is 0. The van der Waals surface area contributed by atoms with Crippen molar-refractivity contribution in [3.05, 3.63) is 35.7 Å². The molecule has 0 unspecified atom stereocenters. The van der Waals surface area contributed by atoms with E-state index in [1.807, 2.05) is 18.7 Å². The maximum atomic E-state index is 4.30. The number of aryl methyl sites for hydroxylation is 2. The summed E-state index contributed by atoms with van der Waals surface area (Å²) in [5.74, 6) is 4.34. The lowest BCUT2D eigenvalue weighted by atomic mass is 10.2. The quantitative estimate of drug-likeness (QED) is 0.600. The van der Waals surface area contributed by atoms with Crippen molar-refractivity contribution in [2.24, 2.45) is 0 Å². The first-order chi connectivity index (χ1) is 9.24. The molecule has 2 aromatic rings. The van der Waals surface area contributed by atoms with Crippen LogP contribution in [0.25, 0.3) is 5.69 Å². The fourth-order valence-electron chi connectivity index (χ4n) is 1.86. The number of rotatable bonds is 6. The van der Waals surface area contributed by atoms with Crippen LogP contribution in [0.4, 0.5) is 0 Å². The summed E-state index contributed by atoms with van der Waals surface area (Å²) in [6, 6.07) is 8.36. The molecule has 1 aromatic carbocycles. The van der Waals surface area contributed by atoms with E-state index in [1.54, 1.807) is 11.8 Å². The van der Waals surface area contributed by atoms with Crippen LogP contribution in [-0.2, 0) is 0 Å². The molecule has 0 amide bonds. The summed E-state index contributed by atoms with van der Waals surface area (Å²) in [7, 11) is 0. The average Bonchev–Trinajstić information content (AvgIpc) is 2.77. The minimum Gasteiger partial charge on any atom is -0.274 e. The summed E-state index contributed by atoms with van der Waals surface area (Å²) in [6.07, 6.45) is 0. The highest BCUT2D eigenvalue weighted by Crippen LogP contribution is 2.24. The first-order valence-electron chi connectivity index (χ1n) is 6.42. The first-order valence-corrected chi connectivity index (χ1v) is 8.56. The SMILES string of the molecule is CCSCCSc1nnc(C)n1-c1ccccc1C. The Balaban J connectivity index is 2.21. The molecule has 3 nitrogen and oxygen atoms in total. The van der Waals surface area contributed by atoms with Gasteiger partial charge in [0.15, 0.2) is 5.16 Å². The van der Waals surface area contributed by atoms with Crippen LogP contribution in [-0.4, -0.2) is 32.0 Å². The molecule has 0 aliphatic carbocycles. The molecule has 5 heteroatoms. The molecule has 0 aliphatic heterocycles. The van der Waals surface area contributed by atoms with E-state index >= 15 is 0 Å². The van der Waals surface area contributed by atoms with Gasteiger partial charge >= 0.3 is 0 Å². The van der Waals surface area contributed by atoms with Crippen molar-refractivity contribution in [1.29, 1.82) is 0 Å². The van der Waals surface area contributed by atoms with Gasteiger partial charge in [-0.3, -0.25) is 4.57 Å². The molecule has 1 heterocycles. The smallest absolute Gasteiger partial charge is 0.195 e. The lowest BCUT2D eigenvalue weighted by Crippen LogP contribution is -2.02. The number of thioether (sulfide) groups is 2. The number of hydrogen-bond acceptors (Lipinski definition) is 4. The van der Waals surface area contributed by atoms with Crippen LogP contribution in [0.5, 0.6) is 0 Å². The molecule has 1 aromatic heterocycles. The van der Waals surface area contributed by atoms with Gasteiger partial charge in [-0.25, -0.2) is 0 Å². The average molecular weight is 293 g/mol. The Morgan fingerprint density at radius 3 is 2.63 bits per heavy atom. The van der Waals surface area contributed by atoms with E-state index in [9.17, 15) is 0 Å². The molecule has 19 heavy (non-hydrogen) atoms. The van der Waals surface area contributed by atoms with E-state index in [1.165, 1.54) is 17.0 Å². The van der Waals surface area contributed by atoms with Crippen molar-refractivity contribution in [2.75, 3.05) is 17.3 Å². The maximum absolute atomic E-state index is 4.30. The van der Waals surface area contributed by atoms with Gasteiger partial charge in [-0.15, -0.1) is 10.2 Å². The van der Waals surface area contributed by atoms with E-state index < -0.39 is 0 Å². The summed E-state index contributed by atoms with van der Waals surface area (Å²) < 4.78 is 2.15. The zero-order valence-corrected chi connectivity index (χ0v) is 13.2. The molecular formula is C14H19N3S2. The van der Waals surface area contributed by atoms with E-state index in [0.29, 0.717) is 0 Å². The molecule has 0 aliphatic rings. The Bertz CT molecular complexity index is 537. The van der Waals surface area contributed by atoms with Crippen LogP contribution in [0, 0.1) is 13.8 Å². The first kappa shape index (κ1) is 14.5. The predicted molar refractivity (Wildman–Crippen MR) is 84.6 cm³/mol. The van der Waals surface area contributed by atoms with Gasteiger partial charge in [0, 0.05) is 11.5 Å². The summed E-state index contributed by atoms with van der Waals surface area (Å²) in [6.45, 7) is 6.32. The Morgan fingerprint density at radius 1 is 1.11 bits per heavy atom. The van der Waals surface area contributed by atoms with Crippen molar-refractivity contribution >= 4 is 23.5 Å². The topological polar surface area (TPSA) is 30.7 Å². The highest BCUT2D eigenvalue weighted by atomic mass is 32.2. The standard InChI is InChI=1S/C14H19N3S2/c1-4-18-9-10-19-14-16-15-12(3)17(14)13-8-6-5-7-11(13)2/h5-8H,4,9-10H2,1-3H3. The van der Waals surface area contributed by atoms with Crippen LogP contribution >= 0.6 is 23.5 Å². The van der Waals surface area contributed by atoms with Gasteiger partial charge in [0.2, 0.25) is 0 Å². The van der Waals surface area contributed by atoms with E-state index in [4.69, 9.17) is 0 Å². The number of aromatic nitrogens is 3. The van der Waals surface area contributed by atoms with Gasteiger partial charge in [0.25, 0.3) is 0 Å². The monoisotopic (exact) mass is 293 g/mol. The Hall–Kier alpha value is -0.940. The number of para-hydroxylation sites is 1. The second kappa shape index (κ2) is 7.01. The molecule has 0 atom stereocenters. The van der Waals surface area contributed by atoms with Crippen LogP contribution in [0.1, 0.15) is 18.3 Å². The van der Waals surface area contributed by atoms with Crippen LogP contribution in [0.2, 0.25) is 0 Å². The normalized spacial score (nSPS) is 10.9. The van der Waals surface area contributed by atoms with E-state index in [2.05, 4.69) is 52.9 Å². The zero-order chi connectivity index (χ0) is 13.7. The van der Waals surface area contributed by atoms with Crippen LogP contribution in [0.15, 0.2) is 29.4 Å². The second-order valence-electron chi connectivity index (χ2n) is 4.20. The summed E-state index contributed by atoms with van der Waals surface area (Å²) in [4.78, 5) is 0. The van der Waals surface area contributed by atoms with E-state index in [-0.39, 0.29) is 0 Å². The molecule has 0 N–H and O–H groups in total. The van der Waals surface area contributed by atoms with Crippen molar-refractivity contribution in [2.45, 2.75) is 25.9 Å². The molecule has 102 valence electrons. The fourth-order valence-corrected chi connectivity index (χ4v) is 3.60. The largest absolute Gasteiger partial charge is 0.274 e. The molecule has 0 radical (unpaired) electrons. The van der Waals surface area contributed by atoms with Crippen molar-refractivity contribution in [1.82, 2.24) is 14.8 Å². The minimum atomic E-state index is 0.944. The molecule has 0 saturated carbocycles. The Labute approximate surface area is 123 Å². The lowest BCUT2D eigenvalue weighted by molar-refractivity contribution is 0.862. The van der Waals surface area contributed by atoms with Gasteiger partial charge in [-0.1, -0.05) is 36.9 Å². The highest BCUT2D eigenvalue weighted by Gasteiger charge is 2.12. The number of benzene rings is 1. The summed E-state index contributed by atoms with van der Waals surface area (Å²) in [5, 5.41) is 9.51. The summed E-state index contributed by atoms with van der Waals surface area (Å²) >= 11 is 3.74. The van der Waals surface area contributed by atoms with Gasteiger partial charge in [0.05, 0.1) is 5.69 Å². The number of nitrogens with zero attached hydrogens (tertiary/aromatic N) is 3. The third-order valence-electron chi connectivity index (χ3n) is 2.81. The highest BCUT2D eigenvalue weighted by molar-refractivity contribution is 8.02. The van der Waals surface area contributed by atoms with Gasteiger partial charge in [-0.05, 0) is 31.2 Å². The van der Waals surface area contributed by atoms with E-state index in [0.717, 1.165) is 22.5 Å². The van der Waals surface area contributed by atoms with Gasteiger partial charge in [0.1, 0.15) is 5.82 Å². The molecule has 0 spiro atoms. The van der Waals surface area contributed by atoms with Crippen LogP contribution < -0.4 is 0 Å². The Kier molecular flexibility index (Phi) is 5.34. The molecule has 0 saturated heterocycles. The predicted octanol–water partition coefficient (Wildman–Crippen LogP) is 3.73. The third-order valence-corrected chi connectivity index (χ3v) is 4.90. The van der Waals surface area contributed by atoms with Gasteiger partial charge in [-0.2, -0.15) is 11.8 Å². The van der Waals surface area contributed by atoms with Crippen molar-refractivity contribution < 1.29 is 0 Å². The minimum absolute atomic E-state index is 0.944. The summed E-state index contributed by atoms with van der Waals surface area (Å²) in [5.41, 5.74) is 2.42. The van der Waals surface area contributed by atoms with Crippen LogP contribution in [0.3, 0.4) is 0 Å². The molecular weight excluding hydrogens is 274 g/mol. The van der Waals surface area contributed by atoms with Crippen molar-refractivity contribution in [3.63, 3.8) is 0 Å². The third kappa shape index (κ3) is 3.54. The fraction of sp³-hybridized carbons (Fsp3) is 0.429. The van der Waals surface area contributed by atoms with Gasteiger partial charge < -0.3 is 0 Å². The second-order valence-corrected chi connectivity index (χ2v) is 6.65. The van der Waals surface area contributed by atoms with Crippen molar-refractivity contribution in [3.8, 4) is 5.69 Å². The Morgan fingerprint density at radius 2 is 1.89 bits per heavy atom. The zero-order valence-electron chi connectivity index (χ0n) is 11.6. The maximum Gasteiger partial charge on any atom is 0.195 e.